The van der Waals surface area contributed by atoms with Gasteiger partial charge in [-0.3, -0.25) is 0 Å². The molecule has 0 heterocycles. The molecule has 0 aliphatic heterocycles. The molecule has 0 saturated carbocycles. The predicted octanol–water partition coefficient (Wildman–Crippen LogP) is -14.2. The van der Waals surface area contributed by atoms with Gasteiger partial charge in [-0.15, -0.1) is 0 Å². The first-order chi connectivity index (χ1) is 20.5. The third-order valence-electron chi connectivity index (χ3n) is 1.000. The van der Waals surface area contributed by atoms with E-state index in [9.17, 15) is 0 Å². The average Bonchev–Trinajstić information content (AvgIpc) is 2.69. The van der Waals surface area contributed by atoms with Gasteiger partial charge in [0.25, 0.3) is 73.9 Å². The summed E-state index contributed by atoms with van der Waals surface area (Å²) in [6.07, 6.45) is -25.5. The molecule has 264 valence electrons. The number of hydrogen-bond donors (Lipinski definition) is 0. The molecule has 49 heavy (non-hydrogen) atoms. The molecule has 0 rings (SSSR count). The van der Waals surface area contributed by atoms with Crippen LogP contribution in [0.1, 0.15) is 0 Å². The molecule has 0 atom stereocenters. The Labute approximate surface area is 312 Å². The number of ether oxygens (including phenoxy) is 6. The van der Waals surface area contributed by atoms with Crippen molar-refractivity contribution >= 4 is 73.9 Å². The van der Waals surface area contributed by atoms with E-state index < -0.39 is 91.1 Å². The van der Waals surface area contributed by atoms with Crippen molar-refractivity contribution in [3.8, 4) is 0 Å². The maximum Gasteiger partial charge on any atom is 4.00 e. The summed E-state index contributed by atoms with van der Waals surface area (Å²) in [7, 11) is 0. The number of carbonyl (C=O) groups excluding carboxylic acids is 12. The van der Waals surface area contributed by atoms with Crippen molar-refractivity contribution in [2.45, 2.75) is 0 Å². The number of hydrogen-bond acceptors (Lipinski definition) is 33. The smallest absolute Gasteiger partial charge is 4.00 e. The van der Waals surface area contributed by atoms with Crippen LogP contribution in [0, 0.1) is 0 Å². The Morgan fingerprint density at radius 1 is 0.245 bits per heavy atom. The van der Waals surface area contributed by atoms with Crippen LogP contribution in [0.5, 0.6) is 0 Å². The van der Waals surface area contributed by atoms with Gasteiger partial charge in [-0.2, -0.15) is 0 Å². The topological polar surface area (TPSA) is 588 Å². The second kappa shape index (κ2) is 47.1. The summed E-state index contributed by atoms with van der Waals surface area (Å²) in [6, 6.07) is 0. The Hall–Kier alpha value is -5.33. The van der Waals surface area contributed by atoms with Crippen molar-refractivity contribution in [3.63, 3.8) is 0 Å². The van der Waals surface area contributed by atoms with E-state index in [1.54, 1.807) is 0 Å². The zero-order valence-electron chi connectivity index (χ0n) is 21.4. The van der Waals surface area contributed by atoms with Gasteiger partial charge in [-0.1, -0.05) is 0 Å². The molecule has 0 radical (unpaired) electrons. The molecular weight excluding hydrogens is 1000 g/mol. The van der Waals surface area contributed by atoms with Crippen molar-refractivity contribution in [2.75, 3.05) is 0 Å². The molecule has 0 bridgehead atoms. The summed E-state index contributed by atoms with van der Waals surface area (Å²) in [6.45, 7) is 0. The first-order valence-electron chi connectivity index (χ1n) is 7.85. The Balaban J connectivity index is -0.0000000450. The Morgan fingerprint density at radius 3 is 0.286 bits per heavy atom. The van der Waals surface area contributed by atoms with E-state index >= 15 is 0 Å². The summed E-state index contributed by atoms with van der Waals surface area (Å²) < 4.78 is 43.0. The van der Waals surface area contributed by atoms with E-state index in [4.69, 9.17) is 129 Å². The fourth-order valence-electron chi connectivity index (χ4n) is 0.408. The first-order valence-corrected chi connectivity index (χ1v) is 11.4. The predicted molar refractivity (Wildman–Crippen MR) is 73.3 cm³/mol. The molecule has 0 spiro atoms. The number of rotatable bonds is 0. The van der Waals surface area contributed by atoms with E-state index in [0.29, 0.717) is 0 Å². The van der Waals surface area contributed by atoms with Gasteiger partial charge in [0.15, 0.2) is 0 Å². The molecule has 0 aromatic rings. The molecule has 0 amide bonds. The molecule has 0 N–H and O–H groups in total. The zero-order chi connectivity index (χ0) is 38.7. The van der Waals surface area contributed by atoms with E-state index in [2.05, 4.69) is 28.4 Å². The molecular formula is C12O33Ti3W. The SMILES string of the molecule is O=C([O-])OC(=O)[O-].O=C([O-])OC(=O)[O-].O=C([O-])OC(=O)[O-].O=C([O-])OC(=O)[O-].O=C([O-])OC(=O)[O-].O=C([O-])OC(=O)[O-].[O]=[W](=[O])=[O].[Ti+4].[Ti+4].[Ti+4]. The summed E-state index contributed by atoms with van der Waals surface area (Å²) in [5.41, 5.74) is 0. The Morgan fingerprint density at radius 2 is 0.286 bits per heavy atom. The minimum atomic E-state index is -4.28. The minimum absolute atomic E-state index is 0. The van der Waals surface area contributed by atoms with Gasteiger partial charge in [0.2, 0.25) is 0 Å². The van der Waals surface area contributed by atoms with Crippen LogP contribution in [-0.4, -0.2) is 73.9 Å². The zero-order valence-corrected chi connectivity index (χ0v) is 29.0. The van der Waals surface area contributed by atoms with E-state index in [0.717, 1.165) is 0 Å². The van der Waals surface area contributed by atoms with Crippen LogP contribution in [-0.2, 0) is 121 Å². The van der Waals surface area contributed by atoms with Crippen molar-refractivity contribution in [3.05, 3.63) is 0 Å². The quantitative estimate of drug-likeness (QED) is 0.0941. The van der Waals surface area contributed by atoms with Crippen LogP contribution in [0.3, 0.4) is 0 Å². The fourth-order valence-corrected chi connectivity index (χ4v) is 0.408. The third-order valence-corrected chi connectivity index (χ3v) is 1.000. The van der Waals surface area contributed by atoms with E-state index in [1.807, 2.05) is 0 Å². The average molecular weight is 1000 g/mol. The molecule has 37 heteroatoms. The van der Waals surface area contributed by atoms with Gasteiger partial charge in [0, 0.05) is 0 Å². The molecule has 0 aliphatic rings. The normalized spacial score (nSPS) is 6.86. The maximum absolute atomic E-state index is 9.06. The van der Waals surface area contributed by atoms with Crippen LogP contribution in [0.15, 0.2) is 0 Å². The molecule has 0 aliphatic carbocycles. The van der Waals surface area contributed by atoms with Gasteiger partial charge >= 0.3 is 92.5 Å². The molecule has 0 saturated heterocycles. The minimum Gasteiger partial charge on any atom is 4.00 e. The van der Waals surface area contributed by atoms with Crippen molar-refractivity contribution in [1.82, 2.24) is 0 Å². The number of carboxylic acid groups (broad SMARTS) is 12. The van der Waals surface area contributed by atoms with Crippen LogP contribution >= 0.6 is 0 Å². The van der Waals surface area contributed by atoms with Crippen LogP contribution in [0.4, 0.5) is 57.5 Å². The molecule has 0 aromatic carbocycles. The summed E-state index contributed by atoms with van der Waals surface area (Å²) in [5.74, 6) is 0. The van der Waals surface area contributed by atoms with Crippen molar-refractivity contribution < 1.29 is 240 Å². The van der Waals surface area contributed by atoms with Gasteiger partial charge in [0.1, 0.15) is 0 Å². The van der Waals surface area contributed by atoms with Crippen LogP contribution in [0.2, 0.25) is 0 Å². The van der Waals surface area contributed by atoms with Gasteiger partial charge < -0.3 is 147 Å². The Bertz CT molecular complexity index is 908. The third kappa shape index (κ3) is 202. The van der Waals surface area contributed by atoms with Gasteiger partial charge in [0.05, 0.1) is 0 Å². The van der Waals surface area contributed by atoms with Crippen molar-refractivity contribution in [1.29, 1.82) is 0 Å². The second-order valence-corrected chi connectivity index (χ2v) is 5.28. The van der Waals surface area contributed by atoms with E-state index in [1.165, 1.54) is 0 Å². The molecule has 33 nitrogen and oxygen atoms in total. The largest absolute Gasteiger partial charge is 4.00 e. The van der Waals surface area contributed by atoms with Gasteiger partial charge in [-0.05, 0) is 0 Å². The molecule has 0 unspecified atom stereocenters. The van der Waals surface area contributed by atoms with E-state index in [-0.39, 0.29) is 65.2 Å². The standard InChI is InChI=1S/6C2H2O5.3O.3Ti.W/c6*3-1(4)7-2(5)6;;;;;;;/h6*(H,3,4)(H,5,6);;;;;;;/q;;;;;;;;;3*+4;/p-12. The summed E-state index contributed by atoms with van der Waals surface area (Å²) >= 11 is -4.28. The fraction of sp³-hybridized carbons (Fsp3) is 0. The molecule has 0 aromatic heterocycles. The monoisotopic (exact) mass is 1000 g/mol. The maximum atomic E-state index is 9.06. The van der Waals surface area contributed by atoms with Gasteiger partial charge in [-0.25, -0.2) is 0 Å². The number of carbonyl (C=O) groups is 12. The van der Waals surface area contributed by atoms with Crippen LogP contribution in [0.25, 0.3) is 0 Å². The van der Waals surface area contributed by atoms with Crippen LogP contribution < -0.4 is 61.3 Å². The summed E-state index contributed by atoms with van der Waals surface area (Å²) in [4.78, 5) is 109. The first kappa shape index (κ1) is 70.1. The Kier molecular flexibility index (Phi) is 67.4. The summed E-state index contributed by atoms with van der Waals surface area (Å²) in [5, 5.41) is 109. The second-order valence-electron chi connectivity index (χ2n) is 3.82. The van der Waals surface area contributed by atoms with Crippen molar-refractivity contribution in [2.24, 2.45) is 0 Å². The molecule has 0 fully saturated rings.